The summed E-state index contributed by atoms with van der Waals surface area (Å²) in [5, 5.41) is 0. The topological polar surface area (TPSA) is 55.6 Å². The van der Waals surface area contributed by atoms with Crippen LogP contribution in [0.4, 0.5) is 4.79 Å². The number of nitrogens with two attached hydrogens (primary N) is 1. The second kappa shape index (κ2) is 4.53. The largest absolute Gasteiger partial charge is 0.439 e. The lowest BCUT2D eigenvalue weighted by molar-refractivity contribution is 0.133. The molecular weight excluding hydrogens is 204 g/mol. The van der Waals surface area contributed by atoms with Crippen molar-refractivity contribution in [3.63, 3.8) is 0 Å². The van der Waals surface area contributed by atoms with Crippen LogP contribution in [0, 0.1) is 6.92 Å². The van der Waals surface area contributed by atoms with Crippen LogP contribution >= 0.6 is 0 Å². The monoisotopic (exact) mass is 220 g/mol. The average molecular weight is 220 g/mol. The molecule has 0 aliphatic carbocycles. The molecule has 1 amide bonds. The Balaban J connectivity index is 2.14. The Hall–Kier alpha value is -1.55. The summed E-state index contributed by atoms with van der Waals surface area (Å²) in [6, 6.07) is 7.96. The van der Waals surface area contributed by atoms with Crippen molar-refractivity contribution >= 4 is 6.09 Å². The minimum Gasteiger partial charge on any atom is -0.439 e. The van der Waals surface area contributed by atoms with Crippen molar-refractivity contribution in [2.24, 2.45) is 5.73 Å². The first-order chi connectivity index (χ1) is 7.72. The van der Waals surface area contributed by atoms with Crippen molar-refractivity contribution in [1.82, 2.24) is 4.90 Å². The molecule has 1 fully saturated rings. The molecule has 1 saturated heterocycles. The van der Waals surface area contributed by atoms with E-state index >= 15 is 0 Å². The van der Waals surface area contributed by atoms with Gasteiger partial charge in [-0.1, -0.05) is 24.3 Å². The van der Waals surface area contributed by atoms with Gasteiger partial charge < -0.3 is 15.4 Å². The number of rotatable bonds is 3. The zero-order chi connectivity index (χ0) is 11.5. The minimum atomic E-state index is -0.265. The molecule has 1 atom stereocenters. The molecule has 0 saturated carbocycles. The van der Waals surface area contributed by atoms with Crippen LogP contribution in [0.2, 0.25) is 0 Å². The molecule has 1 aliphatic rings. The molecule has 0 spiro atoms. The van der Waals surface area contributed by atoms with Gasteiger partial charge in [0.25, 0.3) is 0 Å². The second-order valence-corrected chi connectivity index (χ2v) is 3.96. The number of carbonyl (C=O) groups is 1. The maximum absolute atomic E-state index is 11.5. The van der Waals surface area contributed by atoms with Gasteiger partial charge in [0.2, 0.25) is 0 Å². The van der Waals surface area contributed by atoms with Crippen molar-refractivity contribution in [3.8, 4) is 0 Å². The molecule has 0 bridgehead atoms. The maximum Gasteiger partial charge on any atom is 0.410 e. The SMILES string of the molecule is Cc1ccccc1C1CN(CCN)C(=O)O1. The summed E-state index contributed by atoms with van der Waals surface area (Å²) < 4.78 is 5.32. The molecule has 1 aliphatic heterocycles. The zero-order valence-corrected chi connectivity index (χ0v) is 9.35. The molecule has 0 aromatic heterocycles. The molecule has 4 nitrogen and oxygen atoms in total. The average Bonchev–Trinajstić information content (AvgIpc) is 2.61. The van der Waals surface area contributed by atoms with E-state index < -0.39 is 0 Å². The van der Waals surface area contributed by atoms with E-state index in [4.69, 9.17) is 10.5 Å². The molecule has 0 radical (unpaired) electrons. The summed E-state index contributed by atoms with van der Waals surface area (Å²) in [5.41, 5.74) is 7.66. The van der Waals surface area contributed by atoms with Crippen LogP contribution in [0.5, 0.6) is 0 Å². The number of hydrogen-bond acceptors (Lipinski definition) is 3. The predicted octanol–water partition coefficient (Wildman–Crippen LogP) is 1.45. The van der Waals surface area contributed by atoms with Crippen molar-refractivity contribution in [2.45, 2.75) is 13.0 Å². The first-order valence-electron chi connectivity index (χ1n) is 5.43. The third kappa shape index (κ3) is 2.02. The highest BCUT2D eigenvalue weighted by Crippen LogP contribution is 2.27. The maximum atomic E-state index is 11.5. The van der Waals surface area contributed by atoms with Gasteiger partial charge in [-0.15, -0.1) is 0 Å². The first-order valence-corrected chi connectivity index (χ1v) is 5.43. The quantitative estimate of drug-likeness (QED) is 0.838. The van der Waals surface area contributed by atoms with Crippen LogP contribution in [-0.2, 0) is 4.74 Å². The number of hydrogen-bond donors (Lipinski definition) is 1. The highest BCUT2D eigenvalue weighted by atomic mass is 16.6. The normalized spacial score (nSPS) is 20.0. The van der Waals surface area contributed by atoms with Gasteiger partial charge in [0.05, 0.1) is 6.54 Å². The van der Waals surface area contributed by atoms with Crippen molar-refractivity contribution in [3.05, 3.63) is 35.4 Å². The number of carbonyl (C=O) groups excluding carboxylic acids is 1. The standard InChI is InChI=1S/C12H16N2O2/c1-9-4-2-3-5-10(9)11-8-14(7-6-13)12(15)16-11/h2-5,11H,6-8,13H2,1H3. The Morgan fingerprint density at radius 2 is 2.25 bits per heavy atom. The summed E-state index contributed by atoms with van der Waals surface area (Å²) in [4.78, 5) is 13.2. The van der Waals surface area contributed by atoms with Crippen molar-refractivity contribution in [2.75, 3.05) is 19.6 Å². The number of cyclic esters (lactones) is 1. The van der Waals surface area contributed by atoms with Gasteiger partial charge in [0.15, 0.2) is 0 Å². The Labute approximate surface area is 95.0 Å². The van der Waals surface area contributed by atoms with Crippen molar-refractivity contribution in [1.29, 1.82) is 0 Å². The lowest BCUT2D eigenvalue weighted by Gasteiger charge is -2.12. The van der Waals surface area contributed by atoms with Crippen LogP contribution < -0.4 is 5.73 Å². The fourth-order valence-electron chi connectivity index (χ4n) is 1.96. The summed E-state index contributed by atoms with van der Waals surface area (Å²) in [6.07, 6.45) is -0.418. The van der Waals surface area contributed by atoms with Gasteiger partial charge in [0.1, 0.15) is 6.10 Å². The van der Waals surface area contributed by atoms with Gasteiger partial charge in [0, 0.05) is 13.1 Å². The number of amides is 1. The van der Waals surface area contributed by atoms with Crippen LogP contribution in [0.3, 0.4) is 0 Å². The van der Waals surface area contributed by atoms with E-state index in [0.29, 0.717) is 19.6 Å². The van der Waals surface area contributed by atoms with Crippen LogP contribution in [0.25, 0.3) is 0 Å². The van der Waals surface area contributed by atoms with Gasteiger partial charge in [-0.2, -0.15) is 0 Å². The highest BCUT2D eigenvalue weighted by Gasteiger charge is 2.32. The van der Waals surface area contributed by atoms with Gasteiger partial charge in [-0.05, 0) is 18.1 Å². The summed E-state index contributed by atoms with van der Waals surface area (Å²) in [5.74, 6) is 0. The van der Waals surface area contributed by atoms with Crippen LogP contribution in [0.15, 0.2) is 24.3 Å². The molecule has 1 aromatic carbocycles. The molecule has 4 heteroatoms. The van der Waals surface area contributed by atoms with Gasteiger partial charge in [-0.3, -0.25) is 0 Å². The lowest BCUT2D eigenvalue weighted by atomic mass is 10.0. The van der Waals surface area contributed by atoms with E-state index in [-0.39, 0.29) is 12.2 Å². The van der Waals surface area contributed by atoms with Gasteiger partial charge >= 0.3 is 6.09 Å². The number of aryl methyl sites for hydroxylation is 1. The number of nitrogens with zero attached hydrogens (tertiary/aromatic N) is 1. The Morgan fingerprint density at radius 3 is 2.94 bits per heavy atom. The Morgan fingerprint density at radius 1 is 1.50 bits per heavy atom. The minimum absolute atomic E-state index is 0.153. The van der Waals surface area contributed by atoms with E-state index in [1.165, 1.54) is 0 Å². The number of benzene rings is 1. The van der Waals surface area contributed by atoms with Crippen LogP contribution in [-0.4, -0.2) is 30.6 Å². The van der Waals surface area contributed by atoms with E-state index in [1.807, 2.05) is 31.2 Å². The molecule has 1 aromatic rings. The van der Waals surface area contributed by atoms with Gasteiger partial charge in [-0.25, -0.2) is 4.79 Å². The van der Waals surface area contributed by atoms with E-state index in [1.54, 1.807) is 4.90 Å². The fraction of sp³-hybridized carbons (Fsp3) is 0.417. The summed E-state index contributed by atoms with van der Waals surface area (Å²) in [7, 11) is 0. The predicted molar refractivity (Wildman–Crippen MR) is 61.0 cm³/mol. The molecular formula is C12H16N2O2. The smallest absolute Gasteiger partial charge is 0.410 e. The van der Waals surface area contributed by atoms with E-state index in [0.717, 1.165) is 11.1 Å². The zero-order valence-electron chi connectivity index (χ0n) is 9.35. The third-order valence-corrected chi connectivity index (χ3v) is 2.82. The first kappa shape index (κ1) is 11.0. The Kier molecular flexibility index (Phi) is 3.10. The van der Waals surface area contributed by atoms with Crippen LogP contribution in [0.1, 0.15) is 17.2 Å². The van der Waals surface area contributed by atoms with Crippen molar-refractivity contribution < 1.29 is 9.53 Å². The second-order valence-electron chi connectivity index (χ2n) is 3.96. The molecule has 2 rings (SSSR count). The lowest BCUT2D eigenvalue weighted by Crippen LogP contribution is -2.30. The molecule has 1 heterocycles. The Bertz CT molecular complexity index is 392. The van der Waals surface area contributed by atoms with E-state index in [9.17, 15) is 4.79 Å². The molecule has 2 N–H and O–H groups in total. The van der Waals surface area contributed by atoms with E-state index in [2.05, 4.69) is 0 Å². The highest BCUT2D eigenvalue weighted by molar-refractivity contribution is 5.70. The summed E-state index contributed by atoms with van der Waals surface area (Å²) in [6.45, 7) is 3.65. The fourth-order valence-corrected chi connectivity index (χ4v) is 1.96. The molecule has 86 valence electrons. The summed E-state index contributed by atoms with van der Waals surface area (Å²) >= 11 is 0. The molecule has 16 heavy (non-hydrogen) atoms. The molecule has 1 unspecified atom stereocenters. The number of ether oxygens (including phenoxy) is 1. The third-order valence-electron chi connectivity index (χ3n) is 2.82.